The minimum Gasteiger partial charge on any atom is -0.481 e. The second kappa shape index (κ2) is 7.09. The smallest absolute Gasteiger partial charge is 0.308 e. The molecule has 2 aromatic rings. The first kappa shape index (κ1) is 16.0. The van der Waals surface area contributed by atoms with Crippen LogP contribution in [0.3, 0.4) is 0 Å². The van der Waals surface area contributed by atoms with Gasteiger partial charge in [0, 0.05) is 10.6 Å². The summed E-state index contributed by atoms with van der Waals surface area (Å²) in [7, 11) is 0. The Bertz CT molecular complexity index is 618. The van der Waals surface area contributed by atoms with Gasteiger partial charge in [-0.15, -0.1) is 11.3 Å². The number of carbonyl (C=O) groups is 1. The van der Waals surface area contributed by atoms with E-state index < -0.39 is 5.97 Å². The highest BCUT2D eigenvalue weighted by Crippen LogP contribution is 2.30. The molecule has 0 bridgehead atoms. The molecule has 5 heteroatoms. The Balaban J connectivity index is 1.98. The van der Waals surface area contributed by atoms with Gasteiger partial charge in [0.25, 0.3) is 0 Å². The molecular weight excluding hydrogens is 302 g/mol. The minimum absolute atomic E-state index is 0.0626. The van der Waals surface area contributed by atoms with Crippen molar-refractivity contribution in [1.82, 2.24) is 4.98 Å². The second-order valence-electron chi connectivity index (χ2n) is 5.24. The van der Waals surface area contributed by atoms with Crippen molar-refractivity contribution in [3.8, 4) is 0 Å². The third kappa shape index (κ3) is 4.58. The fraction of sp³-hybridized carbons (Fsp3) is 0.375. The van der Waals surface area contributed by atoms with Crippen LogP contribution in [-0.4, -0.2) is 16.1 Å². The average Bonchev–Trinajstić information content (AvgIpc) is 2.77. The molecule has 3 nitrogen and oxygen atoms in total. The predicted octanol–water partition coefficient (Wildman–Crippen LogP) is 4.49. The Labute approximate surface area is 133 Å². The molecule has 0 amide bonds. The lowest BCUT2D eigenvalue weighted by Gasteiger charge is -2.06. The van der Waals surface area contributed by atoms with E-state index in [1.165, 1.54) is 22.5 Å². The van der Waals surface area contributed by atoms with Crippen LogP contribution in [0.2, 0.25) is 0 Å². The first-order chi connectivity index (χ1) is 9.95. The zero-order valence-electron chi connectivity index (χ0n) is 12.4. The van der Waals surface area contributed by atoms with E-state index >= 15 is 0 Å². The molecule has 0 unspecified atom stereocenters. The summed E-state index contributed by atoms with van der Waals surface area (Å²) in [5.41, 5.74) is 3.44. The summed E-state index contributed by atoms with van der Waals surface area (Å²) >= 11 is 3.15. The summed E-state index contributed by atoms with van der Waals surface area (Å²) in [6.07, 6.45) is 0.0626. The second-order valence-corrected chi connectivity index (χ2v) is 7.55. The maximum absolute atomic E-state index is 10.8. The van der Waals surface area contributed by atoms with Gasteiger partial charge in [-0.2, -0.15) is 0 Å². The van der Waals surface area contributed by atoms with E-state index in [1.807, 2.05) is 6.92 Å². The van der Waals surface area contributed by atoms with E-state index in [-0.39, 0.29) is 6.42 Å². The van der Waals surface area contributed by atoms with Gasteiger partial charge in [-0.25, -0.2) is 4.98 Å². The van der Waals surface area contributed by atoms with Crippen LogP contribution in [0, 0.1) is 6.92 Å². The van der Waals surface area contributed by atoms with Crippen molar-refractivity contribution >= 4 is 29.1 Å². The Kier molecular flexibility index (Phi) is 5.42. The van der Waals surface area contributed by atoms with E-state index in [0.717, 1.165) is 20.7 Å². The Morgan fingerprint density at radius 2 is 2.00 bits per heavy atom. The summed E-state index contributed by atoms with van der Waals surface area (Å²) in [6.45, 7) is 6.24. The number of thioether (sulfide) groups is 1. The molecule has 0 aliphatic carbocycles. The van der Waals surface area contributed by atoms with Gasteiger partial charge in [-0.1, -0.05) is 49.9 Å². The maximum Gasteiger partial charge on any atom is 0.308 e. The summed E-state index contributed by atoms with van der Waals surface area (Å²) in [5, 5.41) is 8.85. The summed E-state index contributed by atoms with van der Waals surface area (Å²) in [5.74, 6) is 0.604. The zero-order chi connectivity index (χ0) is 15.4. The van der Waals surface area contributed by atoms with E-state index in [4.69, 9.17) is 5.11 Å². The quantitative estimate of drug-likeness (QED) is 0.796. The number of hydrogen-bond acceptors (Lipinski definition) is 4. The fourth-order valence-corrected chi connectivity index (χ4v) is 4.09. The molecule has 0 saturated carbocycles. The number of nitrogens with zero attached hydrogens (tertiary/aromatic N) is 1. The van der Waals surface area contributed by atoms with Crippen LogP contribution in [0.4, 0.5) is 0 Å². The normalized spacial score (nSPS) is 11.0. The molecule has 112 valence electrons. The van der Waals surface area contributed by atoms with Gasteiger partial charge in [0.05, 0.1) is 12.1 Å². The van der Waals surface area contributed by atoms with Crippen molar-refractivity contribution in [2.24, 2.45) is 0 Å². The Hall–Kier alpha value is -1.33. The molecule has 0 spiro atoms. The van der Waals surface area contributed by atoms with Crippen LogP contribution in [0.15, 0.2) is 28.6 Å². The number of rotatable bonds is 6. The molecule has 0 radical (unpaired) electrons. The number of aryl methyl sites for hydroxylation is 1. The van der Waals surface area contributed by atoms with Gasteiger partial charge in [-0.05, 0) is 24.0 Å². The number of benzene rings is 1. The average molecular weight is 321 g/mol. The lowest BCUT2D eigenvalue weighted by Crippen LogP contribution is -1.99. The lowest BCUT2D eigenvalue weighted by molar-refractivity contribution is -0.136. The molecule has 1 N–H and O–H groups in total. The first-order valence-electron chi connectivity index (χ1n) is 6.85. The zero-order valence-corrected chi connectivity index (χ0v) is 14.1. The van der Waals surface area contributed by atoms with Crippen molar-refractivity contribution < 1.29 is 9.90 Å². The monoisotopic (exact) mass is 321 g/mol. The molecule has 1 aromatic heterocycles. The molecule has 1 heterocycles. The highest BCUT2D eigenvalue weighted by atomic mass is 32.2. The standard InChI is InChI=1S/C16H19NO2S2/c1-10(2)13-6-4-12(5-7-13)9-20-16-17-11(3)14(21-16)8-15(18)19/h4-7,10H,8-9H2,1-3H3,(H,18,19). The molecule has 0 aliphatic rings. The fourth-order valence-electron chi connectivity index (χ4n) is 1.91. The van der Waals surface area contributed by atoms with Gasteiger partial charge in [0.2, 0.25) is 0 Å². The summed E-state index contributed by atoms with van der Waals surface area (Å²) < 4.78 is 0.941. The number of carboxylic acid groups (broad SMARTS) is 1. The minimum atomic E-state index is -0.803. The molecule has 2 rings (SSSR count). The van der Waals surface area contributed by atoms with E-state index in [0.29, 0.717) is 5.92 Å². The molecule has 0 fully saturated rings. The number of thiazole rings is 1. The molecule has 0 aliphatic heterocycles. The summed E-state index contributed by atoms with van der Waals surface area (Å²) in [4.78, 5) is 16.1. The van der Waals surface area contributed by atoms with Crippen molar-refractivity contribution in [3.63, 3.8) is 0 Å². The van der Waals surface area contributed by atoms with Gasteiger partial charge >= 0.3 is 5.97 Å². The van der Waals surface area contributed by atoms with Crippen LogP contribution < -0.4 is 0 Å². The molecular formula is C16H19NO2S2. The van der Waals surface area contributed by atoms with E-state index in [2.05, 4.69) is 43.1 Å². The Morgan fingerprint density at radius 3 is 2.57 bits per heavy atom. The van der Waals surface area contributed by atoms with Crippen molar-refractivity contribution in [1.29, 1.82) is 0 Å². The number of aromatic nitrogens is 1. The van der Waals surface area contributed by atoms with Crippen LogP contribution in [0.5, 0.6) is 0 Å². The van der Waals surface area contributed by atoms with Crippen LogP contribution >= 0.6 is 23.1 Å². The van der Waals surface area contributed by atoms with Crippen molar-refractivity contribution in [2.75, 3.05) is 0 Å². The highest BCUT2D eigenvalue weighted by molar-refractivity contribution is 8.00. The van der Waals surface area contributed by atoms with Crippen LogP contribution in [0.1, 0.15) is 41.5 Å². The van der Waals surface area contributed by atoms with Gasteiger partial charge in [-0.3, -0.25) is 4.79 Å². The third-order valence-corrected chi connectivity index (χ3v) is 5.57. The molecule has 0 atom stereocenters. The van der Waals surface area contributed by atoms with E-state index in [9.17, 15) is 4.79 Å². The largest absolute Gasteiger partial charge is 0.481 e. The van der Waals surface area contributed by atoms with Crippen LogP contribution in [-0.2, 0) is 17.0 Å². The van der Waals surface area contributed by atoms with Crippen molar-refractivity contribution in [3.05, 3.63) is 46.0 Å². The number of hydrogen-bond donors (Lipinski definition) is 1. The predicted molar refractivity (Wildman–Crippen MR) is 88.3 cm³/mol. The lowest BCUT2D eigenvalue weighted by atomic mass is 10.0. The number of aliphatic carboxylic acids is 1. The third-order valence-electron chi connectivity index (χ3n) is 3.19. The highest BCUT2D eigenvalue weighted by Gasteiger charge is 2.11. The van der Waals surface area contributed by atoms with Gasteiger partial charge in [0.1, 0.15) is 0 Å². The summed E-state index contributed by atoms with van der Waals surface area (Å²) in [6, 6.07) is 8.65. The molecule has 1 aromatic carbocycles. The first-order valence-corrected chi connectivity index (χ1v) is 8.65. The SMILES string of the molecule is Cc1nc(SCc2ccc(C(C)C)cc2)sc1CC(=O)O. The van der Waals surface area contributed by atoms with Crippen LogP contribution in [0.25, 0.3) is 0 Å². The van der Waals surface area contributed by atoms with Gasteiger partial charge in [0.15, 0.2) is 4.34 Å². The molecule has 0 saturated heterocycles. The van der Waals surface area contributed by atoms with Crippen molar-refractivity contribution in [2.45, 2.75) is 43.2 Å². The maximum atomic E-state index is 10.8. The van der Waals surface area contributed by atoms with Gasteiger partial charge < -0.3 is 5.11 Å². The number of carboxylic acids is 1. The molecule has 21 heavy (non-hydrogen) atoms. The van der Waals surface area contributed by atoms with E-state index in [1.54, 1.807) is 11.8 Å². The Morgan fingerprint density at radius 1 is 1.33 bits per heavy atom. The topological polar surface area (TPSA) is 50.2 Å².